The van der Waals surface area contributed by atoms with E-state index in [4.69, 9.17) is 33.7 Å². The van der Waals surface area contributed by atoms with Crippen LogP contribution in [0.1, 0.15) is 100 Å². The molecule has 5 aliphatic rings. The number of hydrogen-bond acceptors (Lipinski definition) is 11. The number of hydrogen-bond donors (Lipinski definition) is 4. The Hall–Kier alpha value is -5.97. The van der Waals surface area contributed by atoms with Gasteiger partial charge in [0.25, 0.3) is 0 Å². The van der Waals surface area contributed by atoms with Gasteiger partial charge in [0.15, 0.2) is 0 Å². The first-order valence-electron chi connectivity index (χ1n) is 24.0. The van der Waals surface area contributed by atoms with Crippen LogP contribution in [0.2, 0.25) is 0 Å². The number of carbonyl (C=O) groups is 3. The summed E-state index contributed by atoms with van der Waals surface area (Å²) < 4.78 is 27.8. The zero-order valence-electron chi connectivity index (χ0n) is 38.9. The minimum absolute atomic E-state index is 0.0284. The SMILES string of the molecule is COC(=O)N[C@H](C(=O)N1CCC[C@H]1c1ncc(-c2ccc3c(c2)Oc2ccc4cc(-c5cnc([C@@H]6CCCN6C[C@@H](NC(=O)OC)C6CCOCC6)[nH]5)ccc4c2C3(C)C)[nH]1)C1CCOCC1. The number of imidazole rings is 2. The molecule has 16 nitrogen and oxygen atoms in total. The van der Waals surface area contributed by atoms with E-state index in [0.717, 1.165) is 119 Å². The van der Waals surface area contributed by atoms with Crippen LogP contribution >= 0.6 is 0 Å². The molecule has 5 aromatic rings. The Morgan fingerprint density at radius 2 is 1.37 bits per heavy atom. The number of nitrogens with one attached hydrogen (secondary N) is 4. The molecule has 5 aliphatic heterocycles. The molecular formula is C51H62N8O8. The number of likely N-dealkylation sites (tertiary alicyclic amines) is 2. The van der Waals surface area contributed by atoms with Gasteiger partial charge in [0.2, 0.25) is 5.91 Å². The lowest BCUT2D eigenvalue weighted by Crippen LogP contribution is -2.53. The van der Waals surface area contributed by atoms with E-state index in [2.05, 4.69) is 87.9 Å². The molecule has 0 radical (unpaired) electrons. The highest BCUT2D eigenvalue weighted by atomic mass is 16.5. The van der Waals surface area contributed by atoms with E-state index in [1.165, 1.54) is 14.2 Å². The second-order valence-electron chi connectivity index (χ2n) is 19.3. The smallest absolute Gasteiger partial charge is 0.407 e. The summed E-state index contributed by atoms with van der Waals surface area (Å²) in [6, 6.07) is 16.3. The van der Waals surface area contributed by atoms with Gasteiger partial charge in [-0.25, -0.2) is 19.6 Å². The van der Waals surface area contributed by atoms with Crippen molar-refractivity contribution in [3.05, 3.63) is 83.7 Å². The van der Waals surface area contributed by atoms with Crippen molar-refractivity contribution in [3.8, 4) is 34.0 Å². The molecule has 7 heterocycles. The zero-order chi connectivity index (χ0) is 46.2. The fourth-order valence-corrected chi connectivity index (χ4v) is 11.4. The monoisotopic (exact) mass is 914 g/mol. The summed E-state index contributed by atoms with van der Waals surface area (Å²) in [6.07, 6.45) is 9.64. The molecule has 4 N–H and O–H groups in total. The van der Waals surface area contributed by atoms with Crippen LogP contribution in [0, 0.1) is 11.8 Å². The maximum Gasteiger partial charge on any atom is 0.407 e. The van der Waals surface area contributed by atoms with Crippen LogP contribution in [0.25, 0.3) is 33.3 Å². The van der Waals surface area contributed by atoms with Crippen molar-refractivity contribution in [1.29, 1.82) is 0 Å². The van der Waals surface area contributed by atoms with Crippen LogP contribution in [0.5, 0.6) is 11.5 Å². The van der Waals surface area contributed by atoms with Crippen LogP contribution in [0.3, 0.4) is 0 Å². The summed E-state index contributed by atoms with van der Waals surface area (Å²) in [5.74, 6) is 3.46. The number of H-pyrrole nitrogens is 2. The second-order valence-corrected chi connectivity index (χ2v) is 19.3. The van der Waals surface area contributed by atoms with Crippen LogP contribution < -0.4 is 15.4 Å². The molecule has 3 amide bonds. The number of aromatic nitrogens is 4. The molecule has 0 saturated carbocycles. The molecule has 0 unspecified atom stereocenters. The van der Waals surface area contributed by atoms with E-state index in [0.29, 0.717) is 51.7 Å². The number of aromatic amines is 2. The minimum atomic E-state index is -0.695. The third kappa shape index (κ3) is 8.86. The first-order valence-corrected chi connectivity index (χ1v) is 24.0. The molecule has 354 valence electrons. The molecule has 4 saturated heterocycles. The highest BCUT2D eigenvalue weighted by molar-refractivity contribution is 5.93. The van der Waals surface area contributed by atoms with Gasteiger partial charge in [-0.15, -0.1) is 0 Å². The number of alkyl carbamates (subject to hydrolysis) is 2. The van der Waals surface area contributed by atoms with Crippen molar-refractivity contribution >= 4 is 28.9 Å². The molecule has 16 heteroatoms. The van der Waals surface area contributed by atoms with E-state index in [9.17, 15) is 14.4 Å². The summed E-state index contributed by atoms with van der Waals surface area (Å²) in [5, 5.41) is 8.21. The summed E-state index contributed by atoms with van der Waals surface area (Å²) in [5.41, 5.74) is 5.65. The minimum Gasteiger partial charge on any atom is -0.457 e. The van der Waals surface area contributed by atoms with Crippen molar-refractivity contribution in [2.75, 3.05) is 60.3 Å². The zero-order valence-corrected chi connectivity index (χ0v) is 38.9. The Morgan fingerprint density at radius 3 is 2.09 bits per heavy atom. The third-order valence-electron chi connectivity index (χ3n) is 15.0. The number of fused-ring (bicyclic) bond motifs is 4. The van der Waals surface area contributed by atoms with E-state index >= 15 is 0 Å². The average molecular weight is 915 g/mol. The molecule has 0 bridgehead atoms. The lowest BCUT2D eigenvalue weighted by molar-refractivity contribution is -0.136. The Kier molecular flexibility index (Phi) is 12.7. The van der Waals surface area contributed by atoms with Gasteiger partial charge in [0.05, 0.1) is 50.1 Å². The van der Waals surface area contributed by atoms with Gasteiger partial charge < -0.3 is 49.2 Å². The van der Waals surface area contributed by atoms with Gasteiger partial charge in [-0.2, -0.15) is 0 Å². The summed E-state index contributed by atoms with van der Waals surface area (Å²) in [7, 11) is 2.73. The van der Waals surface area contributed by atoms with Crippen molar-refractivity contribution in [3.63, 3.8) is 0 Å². The van der Waals surface area contributed by atoms with Crippen molar-refractivity contribution in [2.24, 2.45) is 11.8 Å². The van der Waals surface area contributed by atoms with Gasteiger partial charge in [-0.3, -0.25) is 9.69 Å². The Balaban J connectivity index is 0.850. The van der Waals surface area contributed by atoms with Gasteiger partial charge >= 0.3 is 12.2 Å². The fourth-order valence-electron chi connectivity index (χ4n) is 11.4. The van der Waals surface area contributed by atoms with Crippen LogP contribution in [-0.4, -0.2) is 120 Å². The normalized spacial score (nSPS) is 21.8. The van der Waals surface area contributed by atoms with E-state index in [-0.39, 0.29) is 35.4 Å². The number of ether oxygens (including phenoxy) is 5. The predicted octanol–water partition coefficient (Wildman–Crippen LogP) is 8.15. The largest absolute Gasteiger partial charge is 0.457 e. The molecule has 0 spiro atoms. The topological polar surface area (TPSA) is 185 Å². The summed E-state index contributed by atoms with van der Waals surface area (Å²) in [4.78, 5) is 60.1. The first-order chi connectivity index (χ1) is 32.6. The van der Waals surface area contributed by atoms with Crippen LogP contribution in [0.4, 0.5) is 9.59 Å². The highest BCUT2D eigenvalue weighted by Gasteiger charge is 2.41. The summed E-state index contributed by atoms with van der Waals surface area (Å²) in [6.45, 7) is 9.30. The molecule has 10 rings (SSSR count). The number of benzene rings is 3. The van der Waals surface area contributed by atoms with Crippen molar-refractivity contribution in [1.82, 2.24) is 40.4 Å². The number of methoxy groups -OCH3 is 2. The Bertz CT molecular complexity index is 2610. The summed E-state index contributed by atoms with van der Waals surface area (Å²) >= 11 is 0. The number of rotatable bonds is 11. The van der Waals surface area contributed by atoms with Crippen LogP contribution in [0.15, 0.2) is 60.9 Å². The third-order valence-corrected chi connectivity index (χ3v) is 15.0. The van der Waals surface area contributed by atoms with E-state index in [1.807, 2.05) is 17.3 Å². The van der Waals surface area contributed by atoms with Crippen LogP contribution in [-0.2, 0) is 29.2 Å². The molecule has 0 aliphatic carbocycles. The first kappa shape index (κ1) is 44.8. The highest BCUT2D eigenvalue weighted by Crippen LogP contribution is 2.51. The van der Waals surface area contributed by atoms with Crippen molar-refractivity contribution in [2.45, 2.75) is 94.8 Å². The Labute approximate surface area is 390 Å². The lowest BCUT2D eigenvalue weighted by Gasteiger charge is -2.35. The fraction of sp³-hybridized carbons (Fsp3) is 0.510. The Morgan fingerprint density at radius 1 is 0.746 bits per heavy atom. The maximum absolute atomic E-state index is 14.1. The van der Waals surface area contributed by atoms with Gasteiger partial charge in [0.1, 0.15) is 29.2 Å². The number of nitrogens with zero attached hydrogens (tertiary/aromatic N) is 4. The van der Waals surface area contributed by atoms with Crippen molar-refractivity contribution < 1.29 is 38.1 Å². The molecule has 67 heavy (non-hydrogen) atoms. The lowest BCUT2D eigenvalue weighted by atomic mass is 9.73. The molecule has 4 atom stereocenters. The predicted molar refractivity (Wildman–Crippen MR) is 251 cm³/mol. The molecular weight excluding hydrogens is 853 g/mol. The van der Waals surface area contributed by atoms with Gasteiger partial charge in [-0.1, -0.05) is 44.2 Å². The maximum atomic E-state index is 14.1. The quantitative estimate of drug-likeness (QED) is 0.100. The van der Waals surface area contributed by atoms with E-state index < -0.39 is 18.2 Å². The number of carbonyl (C=O) groups excluding carboxylic acids is 3. The standard InChI is InChI=1S/C51H62N8O8/c1-51(2)36-13-10-34(38-28-53-47(55-38)41-8-6-20-59(41)48(60)45(57-50(62)64-4)31-17-23-66-24-18-31)26-43(36)67-42-14-11-32-25-33(9-12-35(32)44(42)51)37-27-52-46(54-37)40-7-5-19-58(40)29-39(56-49(61)63-3)30-15-21-65-22-16-30/h9-14,25-28,30-31,39-41,45H,5-8,15-24,29H2,1-4H3,(H,52,54)(H,53,55)(H,56,61)(H,57,62)/t39-,40+,41+,45+/m1/s1. The number of amides is 3. The van der Waals surface area contributed by atoms with E-state index in [1.54, 1.807) is 0 Å². The molecule has 2 aromatic heterocycles. The second kappa shape index (κ2) is 19.0. The molecule has 3 aromatic carbocycles. The molecule has 4 fully saturated rings. The van der Waals surface area contributed by atoms with Gasteiger partial charge in [-0.05, 0) is 98.7 Å². The average Bonchev–Trinajstić information content (AvgIpc) is 4.21. The van der Waals surface area contributed by atoms with Gasteiger partial charge in [0, 0.05) is 73.2 Å².